The molecule has 0 unspecified atom stereocenters. The Morgan fingerprint density at radius 3 is 2.46 bits per heavy atom. The van der Waals surface area contributed by atoms with E-state index >= 15 is 0 Å². The van der Waals surface area contributed by atoms with Gasteiger partial charge in [-0.25, -0.2) is 10.1 Å². The quantitative estimate of drug-likeness (QED) is 0.0914. The van der Waals surface area contributed by atoms with Gasteiger partial charge >= 0.3 is 5.97 Å². The second-order valence-corrected chi connectivity index (χ2v) is 11.1. The molecule has 2 amide bonds. The molecule has 0 radical (unpaired) electrons. The first kappa shape index (κ1) is 27.8. The van der Waals surface area contributed by atoms with Crippen LogP contribution in [0.4, 0.5) is 5.69 Å². The molecule has 0 aliphatic rings. The minimum absolute atomic E-state index is 0.0452. The molecule has 0 spiro atoms. The number of anilines is 1. The number of ether oxygens (including phenoxy) is 2. The highest BCUT2D eigenvalue weighted by molar-refractivity contribution is 8.23. The molecule has 0 bridgehead atoms. The zero-order chi connectivity index (χ0) is 28.2. The fourth-order valence-electron chi connectivity index (χ4n) is 3.45. The maximum atomic E-state index is 12.4. The molecule has 12 nitrogen and oxygen atoms in total. The van der Waals surface area contributed by atoms with Crippen LogP contribution in [0.25, 0.3) is 10.2 Å². The van der Waals surface area contributed by atoms with Crippen molar-refractivity contribution in [3.05, 3.63) is 71.8 Å². The van der Waals surface area contributed by atoms with E-state index in [0.717, 1.165) is 16.9 Å². The second-order valence-electron chi connectivity index (χ2n) is 8.20. The number of phenols is 1. The van der Waals surface area contributed by atoms with E-state index in [1.807, 2.05) is 30.3 Å². The Morgan fingerprint density at radius 1 is 1.03 bits per heavy atom. The first-order valence-corrected chi connectivity index (χ1v) is 13.7. The number of nitrogens with two attached hydrogens (primary N) is 2. The van der Waals surface area contributed by atoms with Crippen LogP contribution in [0.5, 0.6) is 17.2 Å². The number of fused-ring (bicyclic) bond motifs is 1. The molecule has 39 heavy (non-hydrogen) atoms. The van der Waals surface area contributed by atoms with Gasteiger partial charge in [-0.2, -0.15) is 0 Å². The van der Waals surface area contributed by atoms with Crippen molar-refractivity contribution in [2.24, 2.45) is 10.9 Å². The van der Waals surface area contributed by atoms with Crippen LogP contribution in [-0.4, -0.2) is 37.0 Å². The van der Waals surface area contributed by atoms with Crippen LogP contribution >= 0.6 is 22.1 Å². The van der Waals surface area contributed by atoms with Crippen molar-refractivity contribution in [3.63, 3.8) is 0 Å². The minimum Gasteiger partial charge on any atom is -0.505 e. The van der Waals surface area contributed by atoms with E-state index in [2.05, 4.69) is 10.3 Å². The molecule has 0 aliphatic heterocycles. The average molecular weight is 573 g/mol. The number of hydrogen-bond donors (Lipinski definition) is 6. The number of nitrogens with one attached hydrogen (secondary N) is 1. The van der Waals surface area contributed by atoms with E-state index in [9.17, 15) is 28.6 Å². The predicted octanol–water partition coefficient (Wildman–Crippen LogP) is 3.99. The molecule has 204 valence electrons. The lowest BCUT2D eigenvalue weighted by atomic mass is 10.1. The van der Waals surface area contributed by atoms with Crippen molar-refractivity contribution < 1.29 is 38.1 Å². The second kappa shape index (κ2) is 11.7. The Kier molecular flexibility index (Phi) is 8.32. The van der Waals surface area contributed by atoms with E-state index in [-0.39, 0.29) is 46.5 Å². The van der Waals surface area contributed by atoms with Crippen LogP contribution in [0.2, 0.25) is 0 Å². The number of aromatic nitrogens is 1. The highest BCUT2D eigenvalue weighted by atomic mass is 32.3. The number of nitrogens with zero attached hydrogens (tertiary/aromatic N) is 1. The topological polar surface area (TPSA) is 207 Å². The third-order valence-electron chi connectivity index (χ3n) is 5.28. The predicted molar refractivity (Wildman–Crippen MR) is 146 cm³/mol. The third kappa shape index (κ3) is 7.01. The fraction of sp³-hybridized carbons (Fsp3) is 0.120. The van der Waals surface area contributed by atoms with E-state index in [1.54, 1.807) is 0 Å². The average Bonchev–Trinajstić information content (AvgIpc) is 3.32. The van der Waals surface area contributed by atoms with Gasteiger partial charge < -0.3 is 25.6 Å². The summed E-state index contributed by atoms with van der Waals surface area (Å²) in [6.07, 6.45) is -0.569. The largest absolute Gasteiger partial charge is 0.505 e. The Labute approximate surface area is 227 Å². The van der Waals surface area contributed by atoms with E-state index in [4.69, 9.17) is 20.3 Å². The fourth-order valence-corrected chi connectivity index (χ4v) is 5.17. The van der Waals surface area contributed by atoms with Gasteiger partial charge in [0.2, 0.25) is 10.2 Å². The highest BCUT2D eigenvalue weighted by Crippen LogP contribution is 2.44. The molecule has 0 aliphatic carbocycles. The van der Waals surface area contributed by atoms with Gasteiger partial charge in [-0.15, -0.1) is 0 Å². The minimum atomic E-state index is -3.47. The smallest absolute Gasteiger partial charge is 0.311 e. The van der Waals surface area contributed by atoms with Gasteiger partial charge in [-0.05, 0) is 29.8 Å². The molecule has 14 heteroatoms. The Balaban J connectivity index is 1.35. The summed E-state index contributed by atoms with van der Waals surface area (Å²) in [5.74, 6) is -2.61. The summed E-state index contributed by atoms with van der Waals surface area (Å²) in [4.78, 5) is 40.7. The highest BCUT2D eigenvalue weighted by Gasteiger charge is 2.21. The first-order valence-electron chi connectivity index (χ1n) is 11.3. The molecule has 4 aromatic rings. The van der Waals surface area contributed by atoms with Crippen molar-refractivity contribution in [2.45, 2.75) is 23.8 Å². The molecular formula is C25H24N4O8S2. The number of rotatable bonds is 10. The van der Waals surface area contributed by atoms with Crippen molar-refractivity contribution in [1.82, 2.24) is 4.98 Å². The van der Waals surface area contributed by atoms with Crippen molar-refractivity contribution in [2.75, 3.05) is 5.32 Å². The number of esters is 1. The van der Waals surface area contributed by atoms with Crippen molar-refractivity contribution in [1.29, 1.82) is 0 Å². The van der Waals surface area contributed by atoms with Gasteiger partial charge in [-0.3, -0.25) is 23.5 Å². The molecule has 0 saturated carbocycles. The molecule has 0 saturated heterocycles. The Morgan fingerprint density at radius 2 is 1.77 bits per heavy atom. The number of carbonyl (C=O) groups is 3. The van der Waals surface area contributed by atoms with Crippen LogP contribution in [-0.2, 0) is 16.2 Å². The Bertz CT molecular complexity index is 1540. The van der Waals surface area contributed by atoms with Gasteiger partial charge in [0.15, 0.2) is 5.75 Å². The number of aromatic hydroxyl groups is 1. The molecule has 4 rings (SSSR count). The number of carbonyl (C=O) groups excluding carboxylic acids is 3. The molecule has 8 N–H and O–H groups in total. The molecule has 1 heterocycles. The third-order valence-corrected chi connectivity index (χ3v) is 7.69. The molecule has 0 fully saturated rings. The van der Waals surface area contributed by atoms with Gasteiger partial charge in [0.05, 0.1) is 22.3 Å². The monoisotopic (exact) mass is 572 g/mol. The van der Waals surface area contributed by atoms with Crippen molar-refractivity contribution in [3.8, 4) is 17.2 Å². The summed E-state index contributed by atoms with van der Waals surface area (Å²) in [5, 5.41) is 18.3. The molecular weight excluding hydrogens is 548 g/mol. The maximum absolute atomic E-state index is 12.4. The lowest BCUT2D eigenvalue weighted by Gasteiger charge is -2.21. The van der Waals surface area contributed by atoms with Crippen LogP contribution in [0.3, 0.4) is 0 Å². The SMILES string of the molecule is NC(=O)c1c(OCc2ccccc2)ccc(NC(=O)CCC(=O)Oc2ccc3nc(S(N)(O)O)sc3c2)c1O. The normalized spacial score (nSPS) is 11.7. The number of benzene rings is 3. The number of amides is 2. The summed E-state index contributed by atoms with van der Waals surface area (Å²) in [5.41, 5.74) is 6.34. The van der Waals surface area contributed by atoms with Gasteiger partial charge in [-0.1, -0.05) is 52.4 Å². The van der Waals surface area contributed by atoms with E-state index < -0.39 is 34.3 Å². The van der Waals surface area contributed by atoms with E-state index in [1.165, 1.54) is 30.3 Å². The van der Waals surface area contributed by atoms with Gasteiger partial charge in [0, 0.05) is 12.5 Å². The zero-order valence-electron chi connectivity index (χ0n) is 20.2. The molecule has 3 aromatic carbocycles. The van der Waals surface area contributed by atoms with Gasteiger partial charge in [0.1, 0.15) is 23.7 Å². The van der Waals surface area contributed by atoms with E-state index in [0.29, 0.717) is 10.2 Å². The zero-order valence-corrected chi connectivity index (χ0v) is 21.8. The van der Waals surface area contributed by atoms with Crippen LogP contribution in [0, 0.1) is 0 Å². The molecule has 0 atom stereocenters. The lowest BCUT2D eigenvalue weighted by molar-refractivity contribution is -0.135. The number of hydrogen-bond acceptors (Lipinski definition) is 11. The summed E-state index contributed by atoms with van der Waals surface area (Å²) in [6, 6.07) is 16.4. The number of primary amides is 1. The Hall–Kier alpha value is -4.21. The maximum Gasteiger partial charge on any atom is 0.311 e. The number of thiazole rings is 1. The van der Waals surface area contributed by atoms with Crippen LogP contribution < -0.4 is 25.7 Å². The summed E-state index contributed by atoms with van der Waals surface area (Å²) < 4.78 is 30.5. The van der Waals surface area contributed by atoms with Crippen LogP contribution in [0.1, 0.15) is 28.8 Å². The lowest BCUT2D eigenvalue weighted by Crippen LogP contribution is -2.18. The first-order chi connectivity index (χ1) is 18.5. The standard InChI is InChI=1S/C25H24N4O8S2/c26-24(33)22-18(36-13-14-4-2-1-3-5-14)9-8-17(23(22)32)28-20(30)10-11-21(31)37-15-6-7-16-19(12-15)38-25(29-16)39(27,34)35/h1-9,12,32,34-35H,10-11,13,27H2,(H2,26,33)(H,28,30). The summed E-state index contributed by atoms with van der Waals surface area (Å²) in [7, 11) is -3.47. The molecule has 1 aromatic heterocycles. The van der Waals surface area contributed by atoms with Crippen LogP contribution in [0.15, 0.2) is 65.0 Å². The van der Waals surface area contributed by atoms with Gasteiger partial charge in [0.25, 0.3) is 5.91 Å². The summed E-state index contributed by atoms with van der Waals surface area (Å²) >= 11 is 0.952. The summed E-state index contributed by atoms with van der Waals surface area (Å²) in [6.45, 7) is 0.128. The van der Waals surface area contributed by atoms with Crippen molar-refractivity contribution >= 4 is 55.8 Å².